The molecule has 8 nitrogen and oxygen atoms in total. The number of nitrogen functional groups attached to an aromatic ring is 1. The van der Waals surface area contributed by atoms with E-state index in [1.807, 2.05) is 20.8 Å². The number of halogens is 3. The van der Waals surface area contributed by atoms with E-state index in [1.54, 1.807) is 42.5 Å². The Kier molecular flexibility index (Phi) is 7.53. The van der Waals surface area contributed by atoms with E-state index in [4.69, 9.17) is 10.5 Å². The predicted molar refractivity (Wildman–Crippen MR) is 142 cm³/mol. The number of hydrogen-bond acceptors (Lipinski definition) is 6. The van der Waals surface area contributed by atoms with Crippen molar-refractivity contribution in [3.8, 4) is 17.2 Å². The van der Waals surface area contributed by atoms with E-state index in [2.05, 4.69) is 20.7 Å². The standard InChI is InChI=1S/C26H25F3N6O2S/c1-25(2,3)21-15-23(35(34-21)17-6-10-20(11-7-17)38-26(27,28)29)33-24(36)32-16-4-8-18(9-5-16)37-19-12-13-31-22(30)14-19/h4-15H,1-3H3,(H2,30,31)(H2,32,33,36). The van der Waals surface area contributed by atoms with E-state index in [1.165, 1.54) is 35.1 Å². The summed E-state index contributed by atoms with van der Waals surface area (Å²) in [7, 11) is 0. The number of carbonyl (C=O) groups excluding carboxylic acids is 1. The number of thioether (sulfide) groups is 1. The number of aromatic nitrogens is 3. The van der Waals surface area contributed by atoms with Crippen LogP contribution in [0.1, 0.15) is 26.5 Å². The lowest BCUT2D eigenvalue weighted by Crippen LogP contribution is -2.21. The maximum absolute atomic E-state index is 12.8. The van der Waals surface area contributed by atoms with Crippen LogP contribution in [0.4, 0.5) is 35.3 Å². The number of nitrogens with two attached hydrogens (primary N) is 1. The highest BCUT2D eigenvalue weighted by atomic mass is 32.2. The second kappa shape index (κ2) is 10.7. The molecule has 4 rings (SSSR count). The van der Waals surface area contributed by atoms with Gasteiger partial charge in [-0.15, -0.1) is 0 Å². The summed E-state index contributed by atoms with van der Waals surface area (Å²) in [6, 6.07) is 17.0. The quantitative estimate of drug-likeness (QED) is 0.223. The first-order chi connectivity index (χ1) is 17.9. The van der Waals surface area contributed by atoms with E-state index in [9.17, 15) is 18.0 Å². The van der Waals surface area contributed by atoms with Gasteiger partial charge in [-0.1, -0.05) is 20.8 Å². The summed E-state index contributed by atoms with van der Waals surface area (Å²) >= 11 is -0.195. The van der Waals surface area contributed by atoms with Crippen molar-refractivity contribution in [2.24, 2.45) is 0 Å². The average Bonchev–Trinajstić information content (AvgIpc) is 3.24. The number of hydrogen-bond donors (Lipinski definition) is 3. The molecule has 2 amide bonds. The van der Waals surface area contributed by atoms with Gasteiger partial charge in [0.05, 0.1) is 11.4 Å². The first-order valence-electron chi connectivity index (χ1n) is 11.4. The number of carbonyl (C=O) groups is 1. The molecule has 0 saturated carbocycles. The molecule has 0 fully saturated rings. The summed E-state index contributed by atoms with van der Waals surface area (Å²) in [5.74, 6) is 1.77. The number of nitrogens with one attached hydrogen (secondary N) is 2. The lowest BCUT2D eigenvalue weighted by Gasteiger charge is -2.14. The van der Waals surface area contributed by atoms with Crippen LogP contribution in [0.2, 0.25) is 0 Å². The summed E-state index contributed by atoms with van der Waals surface area (Å²) in [5, 5.41) is 10.1. The molecule has 0 aliphatic rings. The first-order valence-corrected chi connectivity index (χ1v) is 12.2. The number of urea groups is 1. The highest BCUT2D eigenvalue weighted by Gasteiger charge is 2.29. The monoisotopic (exact) mass is 542 g/mol. The minimum absolute atomic E-state index is 0.0523. The van der Waals surface area contributed by atoms with Crippen LogP contribution in [-0.4, -0.2) is 26.3 Å². The van der Waals surface area contributed by atoms with Gasteiger partial charge in [0.1, 0.15) is 23.1 Å². The van der Waals surface area contributed by atoms with Crippen LogP contribution in [-0.2, 0) is 5.41 Å². The fourth-order valence-corrected chi connectivity index (χ4v) is 3.87. The molecule has 4 aromatic rings. The molecular weight excluding hydrogens is 517 g/mol. The molecule has 0 atom stereocenters. The van der Waals surface area contributed by atoms with E-state index in [0.717, 1.165) is 0 Å². The van der Waals surface area contributed by atoms with Gasteiger partial charge in [-0.25, -0.2) is 14.5 Å². The van der Waals surface area contributed by atoms with Crippen molar-refractivity contribution in [1.29, 1.82) is 0 Å². The van der Waals surface area contributed by atoms with E-state index < -0.39 is 11.5 Å². The highest BCUT2D eigenvalue weighted by Crippen LogP contribution is 2.37. The van der Waals surface area contributed by atoms with E-state index >= 15 is 0 Å². The number of anilines is 3. The zero-order valence-electron chi connectivity index (χ0n) is 20.7. The van der Waals surface area contributed by atoms with Gasteiger partial charge in [-0.3, -0.25) is 5.32 Å². The fraction of sp³-hybridized carbons (Fsp3) is 0.192. The topological polar surface area (TPSA) is 107 Å². The van der Waals surface area contributed by atoms with Crippen LogP contribution in [0.3, 0.4) is 0 Å². The number of benzene rings is 2. The third-order valence-electron chi connectivity index (χ3n) is 5.13. The van der Waals surface area contributed by atoms with Crippen molar-refractivity contribution in [1.82, 2.24) is 14.8 Å². The SMILES string of the molecule is CC(C)(C)c1cc(NC(=O)Nc2ccc(Oc3ccnc(N)c3)cc2)n(-c2ccc(SC(F)(F)F)cc2)n1. The second-order valence-electron chi connectivity index (χ2n) is 9.24. The summed E-state index contributed by atoms with van der Waals surface area (Å²) in [4.78, 5) is 16.8. The molecule has 0 unspecified atom stereocenters. The van der Waals surface area contributed by atoms with Crippen LogP contribution >= 0.6 is 11.8 Å². The lowest BCUT2D eigenvalue weighted by atomic mass is 9.92. The Labute approximate surface area is 221 Å². The molecule has 12 heteroatoms. The fourth-order valence-electron chi connectivity index (χ4n) is 3.33. The number of pyridine rings is 1. The minimum atomic E-state index is -4.38. The molecule has 38 heavy (non-hydrogen) atoms. The van der Waals surface area contributed by atoms with Gasteiger partial charge in [-0.2, -0.15) is 18.3 Å². The van der Waals surface area contributed by atoms with Crippen molar-refractivity contribution in [2.45, 2.75) is 36.6 Å². The molecule has 0 spiro atoms. The number of rotatable bonds is 6. The van der Waals surface area contributed by atoms with Crippen molar-refractivity contribution in [3.05, 3.63) is 78.6 Å². The highest BCUT2D eigenvalue weighted by molar-refractivity contribution is 8.00. The van der Waals surface area contributed by atoms with Crippen molar-refractivity contribution >= 4 is 35.1 Å². The number of amides is 2. The molecule has 0 radical (unpaired) electrons. The van der Waals surface area contributed by atoms with Gasteiger partial charge in [-0.05, 0) is 66.4 Å². The van der Waals surface area contributed by atoms with Crippen molar-refractivity contribution < 1.29 is 22.7 Å². The lowest BCUT2D eigenvalue weighted by molar-refractivity contribution is -0.0328. The third kappa shape index (κ3) is 7.19. The van der Waals surface area contributed by atoms with Crippen molar-refractivity contribution in [3.63, 3.8) is 0 Å². The Morgan fingerprint density at radius 2 is 1.63 bits per heavy atom. The Balaban J connectivity index is 1.48. The van der Waals surface area contributed by atoms with Crippen LogP contribution in [0.25, 0.3) is 5.69 Å². The molecule has 0 aliphatic heterocycles. The smallest absolute Gasteiger partial charge is 0.446 e. The molecule has 2 heterocycles. The van der Waals surface area contributed by atoms with Gasteiger partial charge in [0, 0.05) is 34.3 Å². The van der Waals surface area contributed by atoms with Gasteiger partial charge < -0.3 is 15.8 Å². The van der Waals surface area contributed by atoms with Gasteiger partial charge in [0.15, 0.2) is 0 Å². The molecule has 198 valence electrons. The zero-order valence-corrected chi connectivity index (χ0v) is 21.5. The normalized spacial score (nSPS) is 11.7. The zero-order chi connectivity index (χ0) is 27.5. The van der Waals surface area contributed by atoms with Crippen LogP contribution in [0.5, 0.6) is 11.5 Å². The number of ether oxygens (including phenoxy) is 1. The van der Waals surface area contributed by atoms with Gasteiger partial charge in [0.25, 0.3) is 0 Å². The Bertz CT molecular complexity index is 1410. The van der Waals surface area contributed by atoms with Crippen LogP contribution in [0, 0.1) is 0 Å². The maximum Gasteiger partial charge on any atom is 0.446 e. The van der Waals surface area contributed by atoms with Gasteiger partial charge in [0.2, 0.25) is 0 Å². The third-order valence-corrected chi connectivity index (χ3v) is 5.87. The maximum atomic E-state index is 12.8. The molecule has 0 bridgehead atoms. The van der Waals surface area contributed by atoms with E-state index in [0.29, 0.717) is 40.2 Å². The first kappa shape index (κ1) is 26.9. The Morgan fingerprint density at radius 1 is 0.947 bits per heavy atom. The van der Waals surface area contributed by atoms with Crippen molar-refractivity contribution in [2.75, 3.05) is 16.4 Å². The van der Waals surface area contributed by atoms with Crippen LogP contribution < -0.4 is 21.1 Å². The number of nitrogens with zero attached hydrogens (tertiary/aromatic N) is 3. The average molecular weight is 543 g/mol. The molecule has 0 aliphatic carbocycles. The molecule has 2 aromatic carbocycles. The summed E-state index contributed by atoms with van der Waals surface area (Å²) < 4.78 is 45.3. The summed E-state index contributed by atoms with van der Waals surface area (Å²) in [6.07, 6.45) is 1.54. The summed E-state index contributed by atoms with van der Waals surface area (Å²) in [6.45, 7) is 5.91. The largest absolute Gasteiger partial charge is 0.457 e. The van der Waals surface area contributed by atoms with Crippen LogP contribution in [0.15, 0.2) is 77.8 Å². The van der Waals surface area contributed by atoms with E-state index in [-0.39, 0.29) is 22.1 Å². The molecule has 2 aromatic heterocycles. The summed E-state index contributed by atoms with van der Waals surface area (Å²) in [5.41, 5.74) is 2.66. The minimum Gasteiger partial charge on any atom is -0.457 e. The second-order valence-corrected chi connectivity index (χ2v) is 10.4. The molecule has 4 N–H and O–H groups in total. The van der Waals surface area contributed by atoms with Gasteiger partial charge >= 0.3 is 11.5 Å². The predicted octanol–water partition coefficient (Wildman–Crippen LogP) is 7.20. The Morgan fingerprint density at radius 3 is 2.24 bits per heavy atom. The Hall–Kier alpha value is -4.19. The molecule has 0 saturated heterocycles. The molecular formula is C26H25F3N6O2S. The number of alkyl halides is 3.